The van der Waals surface area contributed by atoms with Crippen LogP contribution < -0.4 is 0 Å². The maximum atomic E-state index is 11.6. The molecule has 1 saturated carbocycles. The van der Waals surface area contributed by atoms with Gasteiger partial charge in [0.25, 0.3) is 0 Å². The first-order chi connectivity index (χ1) is 6.66. The fourth-order valence-electron chi connectivity index (χ4n) is 2.35. The number of hydrogen-bond acceptors (Lipinski definition) is 2. The van der Waals surface area contributed by atoms with Gasteiger partial charge >= 0.3 is 0 Å². The van der Waals surface area contributed by atoms with Crippen LogP contribution in [-0.2, 0) is 4.79 Å². The summed E-state index contributed by atoms with van der Waals surface area (Å²) >= 11 is 0. The standard InChI is InChI=1S/C12H21NO/c1-9(2)13-6-5-10(8-13)7-12(14)11-3-4-11/h9-11H,3-8H2,1-2H3/t10-/m1/s1. The van der Waals surface area contributed by atoms with Crippen molar-refractivity contribution >= 4 is 5.78 Å². The largest absolute Gasteiger partial charge is 0.301 e. The molecule has 1 aliphatic heterocycles. The summed E-state index contributed by atoms with van der Waals surface area (Å²) in [6.07, 6.45) is 4.42. The van der Waals surface area contributed by atoms with Crippen molar-refractivity contribution in [3.63, 3.8) is 0 Å². The van der Waals surface area contributed by atoms with Gasteiger partial charge in [0.1, 0.15) is 5.78 Å². The summed E-state index contributed by atoms with van der Waals surface area (Å²) in [5.41, 5.74) is 0. The molecule has 2 heteroatoms. The van der Waals surface area contributed by atoms with Crippen LogP contribution in [0.2, 0.25) is 0 Å². The highest BCUT2D eigenvalue weighted by atomic mass is 16.1. The molecule has 0 radical (unpaired) electrons. The lowest BCUT2D eigenvalue weighted by molar-refractivity contribution is -0.121. The van der Waals surface area contributed by atoms with Gasteiger partial charge in [-0.1, -0.05) is 0 Å². The zero-order chi connectivity index (χ0) is 10.1. The number of hydrogen-bond donors (Lipinski definition) is 0. The lowest BCUT2D eigenvalue weighted by Gasteiger charge is -2.20. The third-order valence-corrected chi connectivity index (χ3v) is 3.57. The van der Waals surface area contributed by atoms with Gasteiger partial charge in [0.05, 0.1) is 0 Å². The summed E-state index contributed by atoms with van der Waals surface area (Å²) in [7, 11) is 0. The molecule has 0 N–H and O–H groups in total. The summed E-state index contributed by atoms with van der Waals surface area (Å²) in [5.74, 6) is 1.66. The van der Waals surface area contributed by atoms with Crippen molar-refractivity contribution in [2.45, 2.75) is 45.6 Å². The van der Waals surface area contributed by atoms with E-state index in [1.165, 1.54) is 25.8 Å². The van der Waals surface area contributed by atoms with Crippen LogP contribution in [0.4, 0.5) is 0 Å². The number of ketones is 1. The van der Waals surface area contributed by atoms with E-state index in [9.17, 15) is 4.79 Å². The minimum absolute atomic E-state index is 0.461. The van der Waals surface area contributed by atoms with Crippen molar-refractivity contribution in [3.05, 3.63) is 0 Å². The van der Waals surface area contributed by atoms with Gasteiger partial charge in [0.2, 0.25) is 0 Å². The van der Waals surface area contributed by atoms with Gasteiger partial charge in [-0.25, -0.2) is 0 Å². The SMILES string of the molecule is CC(C)N1CC[C@H](CC(=O)C2CC2)C1. The summed E-state index contributed by atoms with van der Waals surface area (Å²) in [4.78, 5) is 14.1. The van der Waals surface area contributed by atoms with E-state index in [4.69, 9.17) is 0 Å². The molecule has 1 saturated heterocycles. The lowest BCUT2D eigenvalue weighted by Crippen LogP contribution is -2.28. The first-order valence-corrected chi connectivity index (χ1v) is 5.93. The molecule has 0 bridgehead atoms. The second kappa shape index (κ2) is 4.01. The Morgan fingerprint density at radius 1 is 1.36 bits per heavy atom. The predicted molar refractivity (Wildman–Crippen MR) is 57.2 cm³/mol. The fourth-order valence-corrected chi connectivity index (χ4v) is 2.35. The number of likely N-dealkylation sites (tertiary alicyclic amines) is 1. The van der Waals surface area contributed by atoms with E-state index < -0.39 is 0 Å². The van der Waals surface area contributed by atoms with Crippen molar-refractivity contribution < 1.29 is 4.79 Å². The van der Waals surface area contributed by atoms with Crippen LogP contribution >= 0.6 is 0 Å². The molecule has 2 rings (SSSR count). The maximum absolute atomic E-state index is 11.6. The topological polar surface area (TPSA) is 20.3 Å². The molecule has 1 aliphatic carbocycles. The summed E-state index contributed by atoms with van der Waals surface area (Å²) in [6, 6.07) is 0.649. The molecule has 0 aromatic rings. The van der Waals surface area contributed by atoms with Crippen LogP contribution in [0.15, 0.2) is 0 Å². The molecule has 2 aliphatic rings. The molecule has 14 heavy (non-hydrogen) atoms. The van der Waals surface area contributed by atoms with Gasteiger partial charge in [-0.2, -0.15) is 0 Å². The Kier molecular flexibility index (Phi) is 2.91. The second-order valence-electron chi connectivity index (χ2n) is 5.19. The van der Waals surface area contributed by atoms with E-state index in [1.54, 1.807) is 0 Å². The Morgan fingerprint density at radius 3 is 2.57 bits per heavy atom. The zero-order valence-electron chi connectivity index (χ0n) is 9.33. The molecule has 0 spiro atoms. The normalized spacial score (nSPS) is 28.6. The van der Waals surface area contributed by atoms with E-state index in [-0.39, 0.29) is 0 Å². The molecule has 2 fully saturated rings. The molecular formula is C12H21NO. The predicted octanol–water partition coefficient (Wildman–Crippen LogP) is 2.09. The molecule has 0 amide bonds. The highest BCUT2D eigenvalue weighted by Gasteiger charge is 2.33. The second-order valence-corrected chi connectivity index (χ2v) is 5.19. The number of carbonyl (C=O) groups is 1. The van der Waals surface area contributed by atoms with Crippen LogP contribution in [0, 0.1) is 11.8 Å². The van der Waals surface area contributed by atoms with Gasteiger partial charge in [-0.05, 0) is 45.6 Å². The van der Waals surface area contributed by atoms with Crippen LogP contribution in [0.5, 0.6) is 0 Å². The average Bonchev–Trinajstić information content (AvgIpc) is 2.87. The van der Waals surface area contributed by atoms with E-state index >= 15 is 0 Å². The van der Waals surface area contributed by atoms with Crippen LogP contribution in [0.1, 0.15) is 39.5 Å². The number of rotatable bonds is 4. The molecule has 0 unspecified atom stereocenters. The number of Topliss-reactive ketones (excluding diaryl/α,β-unsaturated/α-hetero) is 1. The quantitative estimate of drug-likeness (QED) is 0.684. The maximum Gasteiger partial charge on any atom is 0.136 e. The smallest absolute Gasteiger partial charge is 0.136 e. The van der Waals surface area contributed by atoms with Crippen LogP contribution in [0.3, 0.4) is 0 Å². The minimum atomic E-state index is 0.461. The zero-order valence-corrected chi connectivity index (χ0v) is 9.33. The number of nitrogens with zero attached hydrogens (tertiary/aromatic N) is 1. The molecule has 80 valence electrons. The first-order valence-electron chi connectivity index (χ1n) is 5.93. The van der Waals surface area contributed by atoms with Crippen molar-refractivity contribution in [1.29, 1.82) is 0 Å². The molecule has 0 aromatic carbocycles. The molecule has 2 nitrogen and oxygen atoms in total. The summed E-state index contributed by atoms with van der Waals surface area (Å²) in [6.45, 7) is 6.83. The highest BCUT2D eigenvalue weighted by Crippen LogP contribution is 2.33. The summed E-state index contributed by atoms with van der Waals surface area (Å²) in [5, 5.41) is 0. The van der Waals surface area contributed by atoms with Gasteiger partial charge in [-0.3, -0.25) is 4.79 Å². The Hall–Kier alpha value is -0.370. The Morgan fingerprint density at radius 2 is 2.07 bits per heavy atom. The average molecular weight is 195 g/mol. The van der Waals surface area contributed by atoms with Gasteiger partial charge in [-0.15, -0.1) is 0 Å². The monoisotopic (exact) mass is 195 g/mol. The fraction of sp³-hybridized carbons (Fsp3) is 0.917. The van der Waals surface area contributed by atoms with Gasteiger partial charge in [0, 0.05) is 24.9 Å². The Bertz CT molecular complexity index is 220. The van der Waals surface area contributed by atoms with E-state index in [0.29, 0.717) is 23.7 Å². The molecule has 1 atom stereocenters. The molecule has 1 heterocycles. The number of carbonyl (C=O) groups excluding carboxylic acids is 1. The van der Waals surface area contributed by atoms with E-state index in [2.05, 4.69) is 18.7 Å². The van der Waals surface area contributed by atoms with Crippen molar-refractivity contribution in [2.24, 2.45) is 11.8 Å². The van der Waals surface area contributed by atoms with Gasteiger partial charge in [0.15, 0.2) is 0 Å². The molecular weight excluding hydrogens is 174 g/mol. The first kappa shape index (κ1) is 10.2. The van der Waals surface area contributed by atoms with E-state index in [1.807, 2.05) is 0 Å². The van der Waals surface area contributed by atoms with Crippen molar-refractivity contribution in [3.8, 4) is 0 Å². The highest BCUT2D eigenvalue weighted by molar-refractivity contribution is 5.83. The van der Waals surface area contributed by atoms with Crippen molar-refractivity contribution in [2.75, 3.05) is 13.1 Å². The van der Waals surface area contributed by atoms with Crippen LogP contribution in [-0.4, -0.2) is 29.8 Å². The third-order valence-electron chi connectivity index (χ3n) is 3.57. The van der Waals surface area contributed by atoms with Crippen LogP contribution in [0.25, 0.3) is 0 Å². The summed E-state index contributed by atoms with van der Waals surface area (Å²) < 4.78 is 0. The molecule has 0 aromatic heterocycles. The van der Waals surface area contributed by atoms with Gasteiger partial charge < -0.3 is 4.90 Å². The van der Waals surface area contributed by atoms with E-state index in [0.717, 1.165) is 13.0 Å². The Labute approximate surface area is 86.7 Å². The minimum Gasteiger partial charge on any atom is -0.301 e. The third kappa shape index (κ3) is 2.35. The Balaban J connectivity index is 1.75. The van der Waals surface area contributed by atoms with Crippen molar-refractivity contribution in [1.82, 2.24) is 4.90 Å². The lowest BCUT2D eigenvalue weighted by atomic mass is 10.00.